The summed E-state index contributed by atoms with van der Waals surface area (Å²) >= 11 is 0. The first-order valence-corrected chi connectivity index (χ1v) is 10.7. The van der Waals surface area contributed by atoms with Crippen molar-refractivity contribution in [2.75, 3.05) is 26.6 Å². The van der Waals surface area contributed by atoms with Crippen molar-refractivity contribution >= 4 is 22.8 Å². The number of nitrogens with one attached hydrogen (secondary N) is 1. The van der Waals surface area contributed by atoms with Crippen molar-refractivity contribution in [2.24, 2.45) is 5.41 Å². The van der Waals surface area contributed by atoms with Gasteiger partial charge in [0.15, 0.2) is 17.3 Å². The van der Waals surface area contributed by atoms with Gasteiger partial charge in [-0.25, -0.2) is 4.98 Å². The van der Waals surface area contributed by atoms with Crippen LogP contribution in [0.2, 0.25) is 0 Å². The predicted molar refractivity (Wildman–Crippen MR) is 123 cm³/mol. The zero-order chi connectivity index (χ0) is 22.6. The van der Waals surface area contributed by atoms with E-state index in [1.54, 1.807) is 21.3 Å². The molecule has 1 atom stereocenters. The number of methoxy groups -OCH3 is 3. The Morgan fingerprint density at radius 3 is 2.41 bits per heavy atom. The maximum absolute atomic E-state index is 13.5. The minimum Gasteiger partial charge on any atom is -0.496 e. The standard InChI is InChI=1S/C25H27N3O4/c1-25(2)12-16-22(18(29)13-25)23(14-10-20(31-4)21(32-5)11-19(14)30-3)28-17-9-7-6-8-15(17)26-24(28)27-16/h6-11,23H,12-13H2,1-5H3,(H,26,27)/t23-/m1/s1. The Bertz CT molecular complexity index is 1270. The van der Waals surface area contributed by atoms with Crippen molar-refractivity contribution in [3.8, 4) is 17.2 Å². The lowest BCUT2D eigenvalue weighted by Gasteiger charge is -2.39. The van der Waals surface area contributed by atoms with Crippen LogP contribution < -0.4 is 19.5 Å². The molecule has 1 aliphatic carbocycles. The van der Waals surface area contributed by atoms with E-state index < -0.39 is 6.04 Å². The van der Waals surface area contributed by atoms with Crippen LogP contribution in [-0.4, -0.2) is 36.7 Å². The summed E-state index contributed by atoms with van der Waals surface area (Å²) < 4.78 is 19.0. The van der Waals surface area contributed by atoms with Crippen molar-refractivity contribution in [2.45, 2.75) is 32.7 Å². The van der Waals surface area contributed by atoms with E-state index in [-0.39, 0.29) is 11.2 Å². The molecule has 32 heavy (non-hydrogen) atoms. The van der Waals surface area contributed by atoms with Crippen LogP contribution in [0.5, 0.6) is 17.2 Å². The van der Waals surface area contributed by atoms with Gasteiger partial charge in [-0.2, -0.15) is 0 Å². The number of allylic oxidation sites excluding steroid dienone is 2. The molecule has 0 radical (unpaired) electrons. The molecule has 1 aliphatic heterocycles. The van der Waals surface area contributed by atoms with Crippen molar-refractivity contribution in [1.82, 2.24) is 9.55 Å². The van der Waals surface area contributed by atoms with Crippen molar-refractivity contribution in [3.05, 3.63) is 53.2 Å². The minimum absolute atomic E-state index is 0.122. The lowest BCUT2D eigenvalue weighted by atomic mass is 9.73. The van der Waals surface area contributed by atoms with Crippen LogP contribution >= 0.6 is 0 Å². The maximum atomic E-state index is 13.5. The molecule has 0 amide bonds. The highest BCUT2D eigenvalue weighted by atomic mass is 16.5. The summed E-state index contributed by atoms with van der Waals surface area (Å²) in [6, 6.07) is 11.3. The number of Topliss-reactive ketones (excluding diaryl/α,β-unsaturated/α-hetero) is 1. The lowest BCUT2D eigenvalue weighted by molar-refractivity contribution is -0.118. The van der Waals surface area contributed by atoms with Gasteiger partial charge in [0.05, 0.1) is 38.4 Å². The molecule has 7 nitrogen and oxygen atoms in total. The fourth-order valence-corrected chi connectivity index (χ4v) is 4.98. The molecule has 0 spiro atoms. The number of ether oxygens (including phenoxy) is 3. The van der Waals surface area contributed by atoms with Crippen LogP contribution in [-0.2, 0) is 4.79 Å². The predicted octanol–water partition coefficient (Wildman–Crippen LogP) is 4.72. The molecule has 0 bridgehead atoms. The highest BCUT2D eigenvalue weighted by Gasteiger charge is 2.42. The van der Waals surface area contributed by atoms with Gasteiger partial charge in [0.1, 0.15) is 5.75 Å². The highest BCUT2D eigenvalue weighted by molar-refractivity contribution is 6.01. The van der Waals surface area contributed by atoms with E-state index >= 15 is 0 Å². The summed E-state index contributed by atoms with van der Waals surface area (Å²) in [4.78, 5) is 18.4. The Kier molecular flexibility index (Phi) is 4.65. The van der Waals surface area contributed by atoms with E-state index in [0.717, 1.165) is 40.2 Å². The van der Waals surface area contributed by atoms with E-state index in [0.29, 0.717) is 23.7 Å². The minimum atomic E-state index is -0.396. The van der Waals surface area contributed by atoms with Crippen molar-refractivity contribution in [3.63, 3.8) is 0 Å². The zero-order valence-electron chi connectivity index (χ0n) is 19.0. The number of carbonyl (C=O) groups excluding carboxylic acids is 1. The molecule has 0 fully saturated rings. The first-order valence-electron chi connectivity index (χ1n) is 10.7. The molecule has 7 heteroatoms. The van der Waals surface area contributed by atoms with E-state index in [1.165, 1.54) is 0 Å². The topological polar surface area (TPSA) is 74.6 Å². The second-order valence-corrected chi connectivity index (χ2v) is 9.10. The number of rotatable bonds is 4. The van der Waals surface area contributed by atoms with Crippen LogP contribution in [0.1, 0.15) is 38.3 Å². The highest BCUT2D eigenvalue weighted by Crippen LogP contribution is 2.50. The lowest BCUT2D eigenvalue weighted by Crippen LogP contribution is -2.36. The summed E-state index contributed by atoms with van der Waals surface area (Å²) in [7, 11) is 4.82. The van der Waals surface area contributed by atoms with Crippen molar-refractivity contribution in [1.29, 1.82) is 0 Å². The van der Waals surface area contributed by atoms with Gasteiger partial charge < -0.3 is 19.5 Å². The molecule has 1 aromatic heterocycles. The number of para-hydroxylation sites is 2. The Morgan fingerprint density at radius 2 is 1.69 bits per heavy atom. The summed E-state index contributed by atoms with van der Waals surface area (Å²) in [6.45, 7) is 4.25. The number of fused-ring (bicyclic) bond motifs is 3. The van der Waals surface area contributed by atoms with Crippen molar-refractivity contribution < 1.29 is 19.0 Å². The molecule has 0 unspecified atom stereocenters. The Labute approximate surface area is 187 Å². The molecule has 2 aromatic carbocycles. The molecule has 1 N–H and O–H groups in total. The number of carbonyl (C=O) groups is 1. The summed E-state index contributed by atoms with van der Waals surface area (Å²) in [5, 5.41) is 3.48. The number of benzene rings is 2. The van der Waals surface area contributed by atoms with E-state index in [1.807, 2.05) is 36.4 Å². The number of nitrogens with zero attached hydrogens (tertiary/aromatic N) is 2. The second kappa shape index (κ2) is 7.29. The van der Waals surface area contributed by atoms with Gasteiger partial charge in [-0.3, -0.25) is 9.36 Å². The average molecular weight is 434 g/mol. The van der Waals surface area contributed by atoms with Crippen LogP contribution in [0.15, 0.2) is 47.7 Å². The summed E-state index contributed by atoms with van der Waals surface area (Å²) in [6.07, 6.45) is 1.25. The van der Waals surface area contributed by atoms with Gasteiger partial charge in [-0.1, -0.05) is 26.0 Å². The van der Waals surface area contributed by atoms with E-state index in [4.69, 9.17) is 19.2 Å². The monoisotopic (exact) mass is 433 g/mol. The molecular formula is C25H27N3O4. The number of aromatic nitrogens is 2. The molecule has 166 valence electrons. The number of imidazole rings is 1. The number of hydrogen-bond acceptors (Lipinski definition) is 6. The number of ketones is 1. The Hall–Kier alpha value is -3.48. The van der Waals surface area contributed by atoms with Crippen LogP contribution in [0.4, 0.5) is 5.95 Å². The van der Waals surface area contributed by atoms with Gasteiger partial charge >= 0.3 is 0 Å². The molecule has 5 rings (SSSR count). The van der Waals surface area contributed by atoms with Gasteiger partial charge in [-0.15, -0.1) is 0 Å². The van der Waals surface area contributed by atoms with Gasteiger partial charge in [0.2, 0.25) is 5.95 Å². The van der Waals surface area contributed by atoms with Crippen LogP contribution in [0, 0.1) is 5.41 Å². The molecule has 2 heterocycles. The fraction of sp³-hybridized carbons (Fsp3) is 0.360. The zero-order valence-corrected chi connectivity index (χ0v) is 19.0. The average Bonchev–Trinajstić information content (AvgIpc) is 3.13. The summed E-state index contributed by atoms with van der Waals surface area (Å²) in [5.74, 6) is 2.63. The van der Waals surface area contributed by atoms with E-state index in [2.05, 4.69) is 23.7 Å². The smallest absolute Gasteiger partial charge is 0.209 e. The number of hydrogen-bond donors (Lipinski definition) is 1. The first-order chi connectivity index (χ1) is 15.4. The second-order valence-electron chi connectivity index (χ2n) is 9.10. The Balaban J connectivity index is 1.83. The molecule has 0 saturated heterocycles. The maximum Gasteiger partial charge on any atom is 0.209 e. The summed E-state index contributed by atoms with van der Waals surface area (Å²) in [5.41, 5.74) is 4.20. The third-order valence-corrected chi connectivity index (χ3v) is 6.34. The quantitative estimate of drug-likeness (QED) is 0.642. The van der Waals surface area contributed by atoms with Crippen LogP contribution in [0.25, 0.3) is 11.0 Å². The number of anilines is 1. The fourth-order valence-electron chi connectivity index (χ4n) is 4.98. The largest absolute Gasteiger partial charge is 0.496 e. The SMILES string of the molecule is COc1cc(OC)c([C@@H]2C3=C(CC(C)(C)CC3=O)Nc3nc4ccccc4n32)cc1OC. The molecular weight excluding hydrogens is 406 g/mol. The van der Waals surface area contributed by atoms with E-state index in [9.17, 15) is 4.79 Å². The van der Waals surface area contributed by atoms with Crippen LogP contribution in [0.3, 0.4) is 0 Å². The van der Waals surface area contributed by atoms with Gasteiger partial charge in [0, 0.05) is 29.3 Å². The third kappa shape index (κ3) is 3.03. The molecule has 0 saturated carbocycles. The molecule has 2 aliphatic rings. The van der Waals surface area contributed by atoms with Gasteiger partial charge in [-0.05, 0) is 30.0 Å². The first kappa shape index (κ1) is 20.4. The Morgan fingerprint density at radius 1 is 1.00 bits per heavy atom. The van der Waals surface area contributed by atoms with Gasteiger partial charge in [0.25, 0.3) is 0 Å². The normalized spacial score (nSPS) is 19.3. The molecule has 3 aromatic rings. The third-order valence-electron chi connectivity index (χ3n) is 6.34.